The van der Waals surface area contributed by atoms with Gasteiger partial charge in [-0.05, 0) is 36.8 Å². The van der Waals surface area contributed by atoms with Crippen LogP contribution in [0.15, 0.2) is 69.0 Å². The van der Waals surface area contributed by atoms with Crippen molar-refractivity contribution in [1.82, 2.24) is 19.3 Å². The van der Waals surface area contributed by atoms with Crippen LogP contribution in [0, 0.1) is 12.7 Å². The van der Waals surface area contributed by atoms with Gasteiger partial charge in [0.1, 0.15) is 11.6 Å². The Balaban J connectivity index is 1.82. The molecule has 1 amide bonds. The predicted molar refractivity (Wildman–Crippen MR) is 123 cm³/mol. The molecule has 0 unspecified atom stereocenters. The van der Waals surface area contributed by atoms with Gasteiger partial charge >= 0.3 is 11.9 Å². The van der Waals surface area contributed by atoms with E-state index in [1.807, 2.05) is 10.3 Å². The number of aryl methyl sites for hydroxylation is 1. The number of nitrogens with one attached hydrogen (secondary N) is 3. The number of benzene rings is 2. The maximum absolute atomic E-state index is 15.0. The largest absolute Gasteiger partial charge is 0.411 e. The molecule has 4 aromatic rings. The van der Waals surface area contributed by atoms with Gasteiger partial charge in [-0.1, -0.05) is 30.3 Å². The first-order chi connectivity index (χ1) is 17.5. The average Bonchev–Trinajstić information content (AvgIpc) is 3.31. The number of aromatic amines is 2. The lowest BCUT2D eigenvalue weighted by molar-refractivity contribution is -0.181. The lowest BCUT2D eigenvalue weighted by atomic mass is 9.75. The molecule has 37 heavy (non-hydrogen) atoms. The van der Waals surface area contributed by atoms with Crippen molar-refractivity contribution < 1.29 is 22.4 Å². The van der Waals surface area contributed by atoms with Crippen molar-refractivity contribution in [3.05, 3.63) is 114 Å². The number of nitrogens with zero attached hydrogens (tertiary/aromatic N) is 2. The summed E-state index contributed by atoms with van der Waals surface area (Å²) in [6.07, 6.45) is -5.46. The third-order valence-corrected chi connectivity index (χ3v) is 6.29. The molecule has 1 aliphatic heterocycles. The van der Waals surface area contributed by atoms with Crippen molar-refractivity contribution in [1.29, 1.82) is 0 Å². The van der Waals surface area contributed by atoms with Crippen molar-refractivity contribution in [3.63, 3.8) is 0 Å². The molecule has 2 aromatic carbocycles. The van der Waals surface area contributed by atoms with E-state index in [-0.39, 0.29) is 11.4 Å². The van der Waals surface area contributed by atoms with Crippen LogP contribution in [-0.2, 0) is 16.8 Å². The number of rotatable bonds is 4. The quantitative estimate of drug-likeness (QED) is 0.361. The first-order valence-electron chi connectivity index (χ1n) is 10.8. The van der Waals surface area contributed by atoms with Crippen molar-refractivity contribution in [3.8, 4) is 5.69 Å². The number of amides is 1. The van der Waals surface area contributed by atoms with Crippen LogP contribution in [0.4, 0.5) is 23.4 Å². The van der Waals surface area contributed by atoms with E-state index in [0.717, 1.165) is 21.4 Å². The van der Waals surface area contributed by atoms with E-state index < -0.39 is 63.6 Å². The Hall–Kier alpha value is -4.68. The van der Waals surface area contributed by atoms with E-state index >= 15 is 0 Å². The number of hydrogen-bond donors (Lipinski definition) is 3. The van der Waals surface area contributed by atoms with Gasteiger partial charge in [-0.2, -0.15) is 13.2 Å². The Labute approximate surface area is 204 Å². The molecule has 3 heterocycles. The zero-order chi connectivity index (χ0) is 26.7. The molecule has 0 spiro atoms. The summed E-state index contributed by atoms with van der Waals surface area (Å²) < 4.78 is 59.8. The summed E-state index contributed by atoms with van der Waals surface area (Å²) in [4.78, 5) is 54.0. The molecule has 0 fully saturated rings. The zero-order valence-electron chi connectivity index (χ0n) is 18.9. The van der Waals surface area contributed by atoms with Gasteiger partial charge in [0, 0.05) is 5.69 Å². The number of para-hydroxylation sites is 1. The fraction of sp³-hybridized carbons (Fsp3) is 0.167. The number of anilines is 1. The summed E-state index contributed by atoms with van der Waals surface area (Å²) >= 11 is 0. The molecular formula is C24H17F4N5O4. The van der Waals surface area contributed by atoms with Crippen LogP contribution in [0.1, 0.15) is 22.4 Å². The van der Waals surface area contributed by atoms with Gasteiger partial charge in [-0.15, -0.1) is 0 Å². The Bertz CT molecular complexity index is 1720. The molecule has 0 aliphatic carbocycles. The lowest BCUT2D eigenvalue weighted by Crippen LogP contribution is -2.54. The molecule has 2 aromatic heterocycles. The van der Waals surface area contributed by atoms with Crippen LogP contribution in [0.25, 0.3) is 5.69 Å². The summed E-state index contributed by atoms with van der Waals surface area (Å²) in [5.74, 6) is -2.99. The number of fused-ring (bicyclic) bond motifs is 1. The number of carbonyl (C=O) groups excluding carboxylic acids is 1. The number of alkyl halides is 3. The molecule has 9 nitrogen and oxygen atoms in total. The van der Waals surface area contributed by atoms with E-state index in [1.54, 1.807) is 18.2 Å². The molecule has 0 bridgehead atoms. The minimum absolute atomic E-state index is 0.202. The third kappa shape index (κ3) is 3.45. The van der Waals surface area contributed by atoms with Crippen molar-refractivity contribution >= 4 is 11.7 Å². The Morgan fingerprint density at radius 1 is 0.919 bits per heavy atom. The molecular weight excluding hydrogens is 498 g/mol. The topological polar surface area (TPSA) is 122 Å². The number of hydrogen-bond acceptors (Lipinski definition) is 4. The van der Waals surface area contributed by atoms with Crippen LogP contribution in [0.5, 0.6) is 0 Å². The van der Waals surface area contributed by atoms with E-state index in [0.29, 0.717) is 5.56 Å². The van der Waals surface area contributed by atoms with Crippen LogP contribution < -0.4 is 22.1 Å². The normalized spacial score (nSPS) is 17.1. The van der Waals surface area contributed by atoms with Gasteiger partial charge in [-0.25, -0.2) is 13.9 Å². The lowest BCUT2D eigenvalue weighted by Gasteiger charge is -2.28. The molecule has 13 heteroatoms. The molecule has 1 aliphatic rings. The van der Waals surface area contributed by atoms with E-state index in [2.05, 4.69) is 5.10 Å². The predicted octanol–water partition coefficient (Wildman–Crippen LogP) is 2.31. The van der Waals surface area contributed by atoms with Crippen molar-refractivity contribution in [2.75, 3.05) is 5.32 Å². The molecule has 1 atom stereocenters. The van der Waals surface area contributed by atoms with Gasteiger partial charge < -0.3 is 5.32 Å². The van der Waals surface area contributed by atoms with Gasteiger partial charge in [0.25, 0.3) is 17.0 Å². The molecule has 190 valence electrons. The van der Waals surface area contributed by atoms with Crippen LogP contribution in [0.2, 0.25) is 0 Å². The van der Waals surface area contributed by atoms with E-state index in [9.17, 15) is 36.7 Å². The highest BCUT2D eigenvalue weighted by Gasteiger charge is 2.70. The number of carbonyl (C=O) groups is 1. The monoisotopic (exact) mass is 515 g/mol. The van der Waals surface area contributed by atoms with Gasteiger partial charge in [-0.3, -0.25) is 29.0 Å². The van der Waals surface area contributed by atoms with Gasteiger partial charge in [0.05, 0.1) is 23.4 Å². The van der Waals surface area contributed by atoms with Gasteiger partial charge in [0.2, 0.25) is 5.41 Å². The second-order valence-corrected chi connectivity index (χ2v) is 8.49. The second kappa shape index (κ2) is 8.18. The minimum Gasteiger partial charge on any atom is -0.310 e. The maximum atomic E-state index is 15.0. The number of aromatic nitrogens is 4. The minimum atomic E-state index is -5.46. The molecule has 0 radical (unpaired) electrons. The van der Waals surface area contributed by atoms with Crippen molar-refractivity contribution in [2.24, 2.45) is 0 Å². The number of H-pyrrole nitrogens is 2. The summed E-state index contributed by atoms with van der Waals surface area (Å²) in [5, 5.41) is 4.58. The Morgan fingerprint density at radius 3 is 2.19 bits per heavy atom. The van der Waals surface area contributed by atoms with Crippen LogP contribution in [0.3, 0.4) is 0 Å². The molecule has 5 rings (SSSR count). The summed E-state index contributed by atoms with van der Waals surface area (Å²) in [6, 6.07) is 12.5. The van der Waals surface area contributed by atoms with Gasteiger partial charge in [0.15, 0.2) is 0 Å². The highest BCUT2D eigenvalue weighted by molar-refractivity contribution is 6.08. The first kappa shape index (κ1) is 24.0. The van der Waals surface area contributed by atoms with E-state index in [4.69, 9.17) is 0 Å². The summed E-state index contributed by atoms with van der Waals surface area (Å²) in [5.41, 5.74) is -9.41. The SMILES string of the molecule is Cc1[nH]n(-c2ccccc2)c(=O)c1[C@@]1(C(F)(F)F)C(=O)Nc2c1c(=O)[nH]c(=O)n2Cc1ccc(F)cc1. The zero-order valence-corrected chi connectivity index (χ0v) is 18.9. The Kier molecular flexibility index (Phi) is 5.31. The van der Waals surface area contributed by atoms with Crippen molar-refractivity contribution in [2.45, 2.75) is 25.1 Å². The molecule has 0 saturated heterocycles. The standard InChI is InChI=1S/C24H17F4N5O4/c1-12-16(20(35)33(31-12)15-5-3-2-4-6-15)23(24(26,27)28)17-18(29-21(23)36)32(22(37)30-19(17)34)11-13-7-9-14(25)10-8-13/h2-10,31H,11H2,1H3,(H,29,36)(H,30,34,37)/t23-/m0/s1. The average molecular weight is 515 g/mol. The fourth-order valence-corrected chi connectivity index (χ4v) is 4.68. The van der Waals surface area contributed by atoms with Crippen LogP contribution in [-0.4, -0.2) is 31.4 Å². The molecule has 3 N–H and O–H groups in total. The smallest absolute Gasteiger partial charge is 0.310 e. The Morgan fingerprint density at radius 2 is 1.57 bits per heavy atom. The molecule has 0 saturated carbocycles. The maximum Gasteiger partial charge on any atom is 0.411 e. The summed E-state index contributed by atoms with van der Waals surface area (Å²) in [6.45, 7) is 0.782. The highest BCUT2D eigenvalue weighted by atomic mass is 19.4. The highest BCUT2D eigenvalue weighted by Crippen LogP contribution is 2.51. The summed E-state index contributed by atoms with van der Waals surface area (Å²) in [7, 11) is 0. The second-order valence-electron chi connectivity index (χ2n) is 8.49. The van der Waals surface area contributed by atoms with Crippen LogP contribution >= 0.6 is 0 Å². The number of halogens is 4. The third-order valence-electron chi connectivity index (χ3n) is 6.29. The fourth-order valence-electron chi connectivity index (χ4n) is 4.68. The first-order valence-corrected chi connectivity index (χ1v) is 10.8. The van der Waals surface area contributed by atoms with E-state index in [1.165, 1.54) is 31.2 Å².